The number of aromatic nitrogens is 2. The van der Waals surface area contributed by atoms with Crippen LogP contribution in [0.4, 0.5) is 0 Å². The highest BCUT2D eigenvalue weighted by atomic mass is 32.2. The first-order chi connectivity index (χ1) is 13.0. The van der Waals surface area contributed by atoms with E-state index in [0.29, 0.717) is 18.2 Å². The average molecular weight is 409 g/mol. The summed E-state index contributed by atoms with van der Waals surface area (Å²) in [6.07, 6.45) is 3.89. The lowest BCUT2D eigenvalue weighted by molar-refractivity contribution is -0.124. The van der Waals surface area contributed by atoms with Crippen LogP contribution in [-0.2, 0) is 29.0 Å². The van der Waals surface area contributed by atoms with Crippen molar-refractivity contribution in [3.63, 3.8) is 0 Å². The van der Waals surface area contributed by atoms with Crippen LogP contribution in [0.1, 0.15) is 37.1 Å². The maximum absolute atomic E-state index is 13.1. The molecule has 0 bridgehead atoms. The Hall–Kier alpha value is -1.87. The van der Waals surface area contributed by atoms with Gasteiger partial charge in [-0.2, -0.15) is 0 Å². The van der Waals surface area contributed by atoms with Gasteiger partial charge in [0, 0.05) is 18.0 Å². The zero-order chi connectivity index (χ0) is 19.4. The highest BCUT2D eigenvalue weighted by Gasteiger charge is 2.23. The number of fused-ring (bicyclic) bond motifs is 3. The molecule has 0 saturated heterocycles. The fraction of sp³-hybridized carbons (Fsp3) is 0.556. The summed E-state index contributed by atoms with van der Waals surface area (Å²) in [5, 5.41) is 6.56. The minimum atomic E-state index is -0.252. The van der Waals surface area contributed by atoms with Crippen LogP contribution in [0.25, 0.3) is 10.2 Å². The van der Waals surface area contributed by atoms with Crippen LogP contribution in [0.15, 0.2) is 9.95 Å². The predicted octanol–water partition coefficient (Wildman–Crippen LogP) is 1.70. The number of carbonyl (C=O) groups is 2. The first kappa shape index (κ1) is 19.9. The Balaban J connectivity index is 1.77. The van der Waals surface area contributed by atoms with Gasteiger partial charge in [0.25, 0.3) is 5.56 Å². The molecule has 0 unspecified atom stereocenters. The number of carbonyl (C=O) groups excluding carboxylic acids is 2. The van der Waals surface area contributed by atoms with Crippen LogP contribution in [0.2, 0.25) is 0 Å². The maximum Gasteiger partial charge on any atom is 0.263 e. The van der Waals surface area contributed by atoms with Crippen LogP contribution >= 0.6 is 23.1 Å². The Kier molecular flexibility index (Phi) is 6.54. The lowest BCUT2D eigenvalue weighted by Gasteiger charge is -2.11. The Morgan fingerprint density at radius 2 is 2.04 bits per heavy atom. The smallest absolute Gasteiger partial charge is 0.263 e. The fourth-order valence-electron chi connectivity index (χ4n) is 3.21. The van der Waals surface area contributed by atoms with Gasteiger partial charge in [-0.25, -0.2) is 4.98 Å². The quantitative estimate of drug-likeness (QED) is 0.512. The van der Waals surface area contributed by atoms with Gasteiger partial charge in [-0.3, -0.25) is 19.0 Å². The standard InChI is InChI=1S/C18H24N4O3S2/c1-3-8-22-17(25)15-11-6-5-7-12(11)27-16(15)21-18(22)26-10-14(24)20-9-13(23)19-4-2/h3-10H2,1-2H3,(H,19,23)(H,20,24). The molecule has 2 heterocycles. The van der Waals surface area contributed by atoms with Crippen molar-refractivity contribution in [2.24, 2.45) is 0 Å². The van der Waals surface area contributed by atoms with Gasteiger partial charge in [0.05, 0.1) is 17.7 Å². The number of likely N-dealkylation sites (N-methyl/N-ethyl adjacent to an activating group) is 1. The SMILES string of the molecule is CCCn1c(SCC(=O)NCC(=O)NCC)nc2sc3c(c2c1=O)CCC3. The van der Waals surface area contributed by atoms with Crippen LogP contribution in [-0.4, -0.2) is 40.2 Å². The molecule has 1 aliphatic carbocycles. The number of nitrogens with one attached hydrogen (secondary N) is 2. The van der Waals surface area contributed by atoms with Gasteiger partial charge in [-0.15, -0.1) is 11.3 Å². The van der Waals surface area contributed by atoms with E-state index < -0.39 is 0 Å². The molecule has 146 valence electrons. The minimum absolute atomic E-state index is 0.00600. The first-order valence-electron chi connectivity index (χ1n) is 9.26. The van der Waals surface area contributed by atoms with E-state index in [-0.39, 0.29) is 29.7 Å². The lowest BCUT2D eigenvalue weighted by atomic mass is 10.2. The number of thioether (sulfide) groups is 1. The van der Waals surface area contributed by atoms with Gasteiger partial charge < -0.3 is 10.6 Å². The van der Waals surface area contributed by atoms with Crippen molar-refractivity contribution in [3.05, 3.63) is 20.8 Å². The highest BCUT2D eigenvalue weighted by molar-refractivity contribution is 7.99. The fourth-order valence-corrected chi connectivity index (χ4v) is 5.37. The van der Waals surface area contributed by atoms with Crippen molar-refractivity contribution in [2.45, 2.75) is 51.2 Å². The Morgan fingerprint density at radius 3 is 2.78 bits per heavy atom. The van der Waals surface area contributed by atoms with Crippen LogP contribution < -0.4 is 16.2 Å². The third-order valence-electron chi connectivity index (χ3n) is 4.39. The second-order valence-corrected chi connectivity index (χ2v) is 8.43. The summed E-state index contributed by atoms with van der Waals surface area (Å²) in [6, 6.07) is 0. The van der Waals surface area contributed by atoms with Gasteiger partial charge in [0.15, 0.2) is 5.16 Å². The normalized spacial score (nSPS) is 13.0. The Bertz CT molecular complexity index is 919. The molecule has 0 atom stereocenters. The van der Waals surface area contributed by atoms with Gasteiger partial charge in [0.2, 0.25) is 11.8 Å². The number of thiophene rings is 1. The second-order valence-electron chi connectivity index (χ2n) is 6.41. The topological polar surface area (TPSA) is 93.1 Å². The molecule has 27 heavy (non-hydrogen) atoms. The van der Waals surface area contributed by atoms with E-state index in [9.17, 15) is 14.4 Å². The molecule has 0 fully saturated rings. The molecule has 2 amide bonds. The number of amides is 2. The molecule has 0 radical (unpaired) electrons. The van der Waals surface area contributed by atoms with Crippen molar-refractivity contribution < 1.29 is 9.59 Å². The first-order valence-corrected chi connectivity index (χ1v) is 11.1. The molecule has 1 aliphatic rings. The van der Waals surface area contributed by atoms with E-state index >= 15 is 0 Å². The zero-order valence-corrected chi connectivity index (χ0v) is 17.2. The molecule has 0 aromatic carbocycles. The van der Waals surface area contributed by atoms with Crippen molar-refractivity contribution in [3.8, 4) is 0 Å². The van der Waals surface area contributed by atoms with E-state index in [1.807, 2.05) is 13.8 Å². The second kappa shape index (κ2) is 8.88. The van der Waals surface area contributed by atoms with E-state index in [4.69, 9.17) is 4.98 Å². The van der Waals surface area contributed by atoms with Crippen molar-refractivity contribution in [1.82, 2.24) is 20.2 Å². The van der Waals surface area contributed by atoms with Gasteiger partial charge in [-0.1, -0.05) is 18.7 Å². The molecule has 0 saturated carbocycles. The molecule has 7 nitrogen and oxygen atoms in total. The van der Waals surface area contributed by atoms with Crippen molar-refractivity contribution in [1.29, 1.82) is 0 Å². The number of hydrogen-bond acceptors (Lipinski definition) is 6. The third-order valence-corrected chi connectivity index (χ3v) is 6.55. The number of aryl methyl sites for hydroxylation is 2. The number of rotatable bonds is 8. The lowest BCUT2D eigenvalue weighted by Crippen LogP contribution is -2.37. The maximum atomic E-state index is 13.1. The monoisotopic (exact) mass is 408 g/mol. The van der Waals surface area contributed by atoms with E-state index in [2.05, 4.69) is 10.6 Å². The summed E-state index contributed by atoms with van der Waals surface area (Å²) in [4.78, 5) is 43.3. The summed E-state index contributed by atoms with van der Waals surface area (Å²) >= 11 is 2.85. The van der Waals surface area contributed by atoms with Crippen LogP contribution in [0, 0.1) is 0 Å². The molecule has 2 aromatic heterocycles. The molecular weight excluding hydrogens is 384 g/mol. The van der Waals surface area contributed by atoms with Crippen molar-refractivity contribution in [2.75, 3.05) is 18.8 Å². The molecule has 0 spiro atoms. The largest absolute Gasteiger partial charge is 0.355 e. The number of nitrogens with zero attached hydrogens (tertiary/aromatic N) is 2. The third kappa shape index (κ3) is 4.35. The minimum Gasteiger partial charge on any atom is -0.355 e. The summed E-state index contributed by atoms with van der Waals surface area (Å²) in [7, 11) is 0. The van der Waals surface area contributed by atoms with E-state index in [1.54, 1.807) is 15.9 Å². The van der Waals surface area contributed by atoms with Crippen LogP contribution in [0.3, 0.4) is 0 Å². The molecular formula is C18H24N4O3S2. The van der Waals surface area contributed by atoms with Gasteiger partial charge >= 0.3 is 0 Å². The summed E-state index contributed by atoms with van der Waals surface area (Å²) in [5.74, 6) is -0.352. The zero-order valence-electron chi connectivity index (χ0n) is 15.6. The van der Waals surface area contributed by atoms with Gasteiger partial charge in [-0.05, 0) is 38.2 Å². The van der Waals surface area contributed by atoms with Crippen molar-refractivity contribution >= 4 is 45.1 Å². The molecule has 2 N–H and O–H groups in total. The molecule has 0 aliphatic heterocycles. The molecule has 2 aromatic rings. The Morgan fingerprint density at radius 1 is 1.22 bits per heavy atom. The Labute approximate surface area is 165 Å². The van der Waals surface area contributed by atoms with E-state index in [1.165, 1.54) is 22.2 Å². The molecule has 9 heteroatoms. The molecule has 3 rings (SSSR count). The summed E-state index contributed by atoms with van der Waals surface area (Å²) in [5.41, 5.74) is 1.18. The van der Waals surface area contributed by atoms with E-state index in [0.717, 1.165) is 35.9 Å². The average Bonchev–Trinajstić information content (AvgIpc) is 3.21. The van der Waals surface area contributed by atoms with Gasteiger partial charge in [0.1, 0.15) is 4.83 Å². The summed E-state index contributed by atoms with van der Waals surface area (Å²) < 4.78 is 1.69. The highest BCUT2D eigenvalue weighted by Crippen LogP contribution is 2.35. The predicted molar refractivity (Wildman–Crippen MR) is 109 cm³/mol. The summed E-state index contributed by atoms with van der Waals surface area (Å²) in [6.45, 7) is 4.91. The van der Waals surface area contributed by atoms with Crippen LogP contribution in [0.5, 0.6) is 0 Å². The number of hydrogen-bond donors (Lipinski definition) is 2.